The fourth-order valence-corrected chi connectivity index (χ4v) is 7.74. The highest BCUT2D eigenvalue weighted by Crippen LogP contribution is 2.43. The highest BCUT2D eigenvalue weighted by Gasteiger charge is 2.18. The molecule has 0 saturated carbocycles. The number of nitrogens with zero attached hydrogens (tertiary/aromatic N) is 1. The van der Waals surface area contributed by atoms with E-state index in [-0.39, 0.29) is 35.4 Å². The van der Waals surface area contributed by atoms with Crippen LogP contribution < -0.4 is 4.90 Å². The van der Waals surface area contributed by atoms with E-state index >= 15 is 0 Å². The van der Waals surface area contributed by atoms with E-state index in [1.807, 2.05) is 95.9 Å². The van der Waals surface area contributed by atoms with E-state index in [1.165, 1.54) is 10.8 Å². The molecule has 0 aliphatic heterocycles. The van der Waals surface area contributed by atoms with Gasteiger partial charge >= 0.3 is 0 Å². The smallest absolute Gasteiger partial charge is 0.0645 e. The van der Waals surface area contributed by atoms with Crippen molar-refractivity contribution in [2.24, 2.45) is 0 Å². The molecular formula is C52H35N. The maximum Gasteiger partial charge on any atom is 0.0645 e. The van der Waals surface area contributed by atoms with E-state index in [2.05, 4.69) is 97.1 Å². The lowest BCUT2D eigenvalue weighted by Gasteiger charge is -2.28. The van der Waals surface area contributed by atoms with Gasteiger partial charge in [0.2, 0.25) is 0 Å². The van der Waals surface area contributed by atoms with Crippen LogP contribution in [0.25, 0.3) is 76.5 Å². The molecule has 0 heterocycles. The van der Waals surface area contributed by atoms with Gasteiger partial charge in [-0.3, -0.25) is 0 Å². The summed E-state index contributed by atoms with van der Waals surface area (Å²) in [5, 5.41) is 8.82. The molecule has 0 aliphatic carbocycles. The lowest BCUT2D eigenvalue weighted by molar-refractivity contribution is 1.30. The van der Waals surface area contributed by atoms with Crippen LogP contribution >= 0.6 is 0 Å². The van der Waals surface area contributed by atoms with Gasteiger partial charge in [-0.15, -0.1) is 0 Å². The minimum Gasteiger partial charge on any atom is -0.310 e. The lowest BCUT2D eigenvalue weighted by atomic mass is 9.93. The average molecular weight is 678 g/mol. The van der Waals surface area contributed by atoms with Gasteiger partial charge in [-0.25, -0.2) is 0 Å². The van der Waals surface area contributed by atoms with Gasteiger partial charge in [-0.1, -0.05) is 170 Å². The van der Waals surface area contributed by atoms with Crippen molar-refractivity contribution in [2.75, 3.05) is 4.90 Å². The molecule has 10 aromatic carbocycles. The van der Waals surface area contributed by atoms with Crippen LogP contribution in [-0.2, 0) is 0 Å². The molecule has 0 aromatic heterocycles. The summed E-state index contributed by atoms with van der Waals surface area (Å²) >= 11 is 0. The molecule has 0 amide bonds. The number of hydrogen-bond donors (Lipinski definition) is 0. The number of fused-ring (bicyclic) bond motifs is 6. The second-order valence-electron chi connectivity index (χ2n) is 13.4. The minimum atomic E-state index is -0.113. The zero-order valence-electron chi connectivity index (χ0n) is 32.8. The molecule has 0 bridgehead atoms. The predicted molar refractivity (Wildman–Crippen MR) is 227 cm³/mol. The molecule has 0 aliphatic rings. The first-order valence-corrected chi connectivity index (χ1v) is 17.9. The largest absolute Gasteiger partial charge is 0.310 e. The van der Waals surface area contributed by atoms with Gasteiger partial charge in [0.1, 0.15) is 0 Å². The molecule has 0 radical (unpaired) electrons. The quantitative estimate of drug-likeness (QED) is 0.158. The van der Waals surface area contributed by atoms with Gasteiger partial charge < -0.3 is 4.90 Å². The van der Waals surface area contributed by atoms with Crippen LogP contribution in [0.2, 0.25) is 0 Å². The molecule has 0 atom stereocenters. The van der Waals surface area contributed by atoms with Crippen molar-refractivity contribution in [1.82, 2.24) is 0 Å². The molecule has 248 valence electrons. The number of hydrogen-bond acceptors (Lipinski definition) is 1. The Morgan fingerprint density at radius 2 is 0.811 bits per heavy atom. The molecular weight excluding hydrogens is 639 g/mol. The van der Waals surface area contributed by atoms with E-state index < -0.39 is 0 Å². The topological polar surface area (TPSA) is 3.24 Å². The van der Waals surface area contributed by atoms with Crippen LogP contribution in [0.1, 0.15) is 5.48 Å². The molecule has 53 heavy (non-hydrogen) atoms. The Kier molecular flexibility index (Phi) is 6.56. The highest BCUT2D eigenvalue weighted by atomic mass is 15.1. The van der Waals surface area contributed by atoms with Gasteiger partial charge in [0, 0.05) is 16.8 Å². The van der Waals surface area contributed by atoms with Gasteiger partial charge in [-0.2, -0.15) is 0 Å². The van der Waals surface area contributed by atoms with Gasteiger partial charge in [0.05, 0.1) is 11.2 Å². The second-order valence-corrected chi connectivity index (χ2v) is 13.4. The molecule has 0 fully saturated rings. The van der Waals surface area contributed by atoms with Crippen molar-refractivity contribution in [2.45, 2.75) is 0 Å². The summed E-state index contributed by atoms with van der Waals surface area (Å²) in [5.41, 5.74) is 6.71. The zero-order valence-corrected chi connectivity index (χ0v) is 28.8. The Morgan fingerprint density at radius 3 is 1.49 bits per heavy atom. The van der Waals surface area contributed by atoms with E-state index in [9.17, 15) is 5.48 Å². The Morgan fingerprint density at radius 1 is 0.302 bits per heavy atom. The second kappa shape index (κ2) is 13.0. The third kappa shape index (κ3) is 5.51. The predicted octanol–water partition coefficient (Wildman–Crippen LogP) is 14.8. The molecule has 1 heteroatoms. The molecule has 0 N–H and O–H groups in total. The van der Waals surface area contributed by atoms with Gasteiger partial charge in [-0.05, 0) is 114 Å². The number of anilines is 3. The maximum atomic E-state index is 9.65. The summed E-state index contributed by atoms with van der Waals surface area (Å²) in [4.78, 5) is 1.92. The van der Waals surface area contributed by atoms with Crippen LogP contribution in [0.3, 0.4) is 0 Å². The lowest BCUT2D eigenvalue weighted by Crippen LogP contribution is -2.10. The fourth-order valence-electron chi connectivity index (χ4n) is 7.74. The van der Waals surface area contributed by atoms with Crippen molar-refractivity contribution >= 4 is 60.2 Å². The Bertz CT molecular complexity index is 3150. The van der Waals surface area contributed by atoms with Crippen LogP contribution in [0.4, 0.5) is 17.1 Å². The third-order valence-corrected chi connectivity index (χ3v) is 10.3. The van der Waals surface area contributed by atoms with Crippen molar-refractivity contribution in [3.05, 3.63) is 212 Å². The third-order valence-electron chi connectivity index (χ3n) is 10.3. The summed E-state index contributed by atoms with van der Waals surface area (Å²) < 4.78 is 38.2. The first-order valence-electron chi connectivity index (χ1n) is 19.9. The van der Waals surface area contributed by atoms with Crippen molar-refractivity contribution in [1.29, 1.82) is 0 Å². The number of benzene rings is 10. The standard InChI is InChI=1S/C52H35N/c1-2-13-36(14-3-1)39-17-12-18-40(33-39)37-25-29-43(30-26-37)53(52-35-42-16-5-7-20-46(42)48-22-10-11-24-50(48)52)44-31-27-38(28-32-44)51-34-41-15-4-6-19-45(41)47-21-8-9-23-49(47)51/h1-35H/i25D,26D,29D,30D. The zero-order chi connectivity index (χ0) is 38.6. The van der Waals surface area contributed by atoms with E-state index in [0.29, 0.717) is 5.56 Å². The van der Waals surface area contributed by atoms with E-state index in [0.717, 1.165) is 65.9 Å². The number of rotatable bonds is 6. The van der Waals surface area contributed by atoms with Crippen LogP contribution in [0.15, 0.2) is 212 Å². The van der Waals surface area contributed by atoms with E-state index in [1.54, 1.807) is 0 Å². The Labute approximate surface area is 315 Å². The van der Waals surface area contributed by atoms with Crippen molar-refractivity contribution in [3.8, 4) is 33.4 Å². The molecule has 0 spiro atoms. The first-order chi connectivity index (χ1) is 28.0. The monoisotopic (exact) mass is 677 g/mol. The maximum absolute atomic E-state index is 9.65. The summed E-state index contributed by atoms with van der Waals surface area (Å²) in [7, 11) is 0. The summed E-state index contributed by atoms with van der Waals surface area (Å²) in [6, 6.07) is 63.3. The van der Waals surface area contributed by atoms with Crippen LogP contribution in [-0.4, -0.2) is 0 Å². The van der Waals surface area contributed by atoms with Crippen molar-refractivity contribution < 1.29 is 5.48 Å². The van der Waals surface area contributed by atoms with Crippen molar-refractivity contribution in [3.63, 3.8) is 0 Å². The minimum absolute atomic E-state index is 0.0921. The molecule has 10 rings (SSSR count). The summed E-state index contributed by atoms with van der Waals surface area (Å²) in [6.45, 7) is 0. The molecule has 10 aromatic rings. The Hall–Kier alpha value is -6.96. The molecule has 1 nitrogen and oxygen atoms in total. The first kappa shape index (κ1) is 26.8. The van der Waals surface area contributed by atoms with Crippen LogP contribution in [0.5, 0.6) is 0 Å². The fraction of sp³-hybridized carbons (Fsp3) is 0. The Balaban J connectivity index is 1.20. The van der Waals surface area contributed by atoms with Crippen LogP contribution in [0, 0.1) is 0 Å². The molecule has 0 saturated heterocycles. The normalized spacial score (nSPS) is 12.5. The summed E-state index contributed by atoms with van der Waals surface area (Å²) in [5.74, 6) is 0. The van der Waals surface area contributed by atoms with Gasteiger partial charge in [0.15, 0.2) is 0 Å². The van der Waals surface area contributed by atoms with Gasteiger partial charge in [0.25, 0.3) is 0 Å². The average Bonchev–Trinajstić information content (AvgIpc) is 3.27. The highest BCUT2D eigenvalue weighted by molar-refractivity contribution is 6.15. The SMILES string of the molecule is [2H]c1c([2H])c(N(c2ccc(-c3cc4ccccc4c4ccccc34)cc2)c2cc3ccccc3c3ccccc23)c([2H])c([2H])c1-c1cccc(-c2ccccc2)c1. The molecule has 0 unspecified atom stereocenters. The van der Waals surface area contributed by atoms with E-state index in [4.69, 9.17) is 0 Å². The summed E-state index contributed by atoms with van der Waals surface area (Å²) in [6.07, 6.45) is 0.